The standard InChI is InChI=1S/C12H14N5O4/c13-11(14)17-12(21)15-5-10(20)16-9(6-18)7-1-3-8(19)4-2-7/h1-4,9,19H,5H2,(H,16,20)(H5,13,14,15,17,21). The summed E-state index contributed by atoms with van der Waals surface area (Å²) >= 11 is 0. The summed E-state index contributed by atoms with van der Waals surface area (Å²) < 4.78 is 0. The molecule has 0 fully saturated rings. The lowest BCUT2D eigenvalue weighted by atomic mass is 10.1. The van der Waals surface area contributed by atoms with E-state index in [1.54, 1.807) is 6.29 Å². The molecule has 0 aliphatic carbocycles. The van der Waals surface area contributed by atoms with Crippen molar-refractivity contribution >= 4 is 24.2 Å². The maximum Gasteiger partial charge on any atom is 0.321 e. The lowest BCUT2D eigenvalue weighted by Crippen LogP contribution is -2.46. The number of urea groups is 1. The molecule has 0 saturated heterocycles. The summed E-state index contributed by atoms with van der Waals surface area (Å²) in [5.41, 5.74) is 5.36. The predicted molar refractivity (Wildman–Crippen MR) is 73.1 cm³/mol. The average molecular weight is 292 g/mol. The molecule has 9 nitrogen and oxygen atoms in total. The molecule has 1 aromatic rings. The van der Waals surface area contributed by atoms with Crippen molar-refractivity contribution in [2.24, 2.45) is 5.73 Å². The Kier molecular flexibility index (Phi) is 5.68. The highest BCUT2D eigenvalue weighted by molar-refractivity contribution is 5.95. The number of benzene rings is 1. The molecule has 3 amide bonds. The number of hydrogen-bond acceptors (Lipinski definition) is 5. The first-order valence-electron chi connectivity index (χ1n) is 5.77. The maximum atomic E-state index is 11.6. The highest BCUT2D eigenvalue weighted by Crippen LogP contribution is 2.15. The van der Waals surface area contributed by atoms with Gasteiger partial charge in [-0.05, 0) is 17.7 Å². The van der Waals surface area contributed by atoms with Gasteiger partial charge in [-0.3, -0.25) is 20.3 Å². The van der Waals surface area contributed by atoms with Crippen LogP contribution in [0, 0.1) is 5.41 Å². The Bertz CT molecular complexity index is 543. The molecule has 0 saturated carbocycles. The highest BCUT2D eigenvalue weighted by atomic mass is 16.3. The van der Waals surface area contributed by atoms with E-state index in [-0.39, 0.29) is 5.75 Å². The van der Waals surface area contributed by atoms with Gasteiger partial charge in [0, 0.05) is 0 Å². The molecule has 9 heteroatoms. The summed E-state index contributed by atoms with van der Waals surface area (Å²) in [6.07, 6.45) is 1.64. The molecule has 1 radical (unpaired) electrons. The summed E-state index contributed by atoms with van der Waals surface area (Å²) in [5.74, 6) is -1.16. The van der Waals surface area contributed by atoms with Crippen LogP contribution in [-0.4, -0.2) is 35.8 Å². The van der Waals surface area contributed by atoms with Crippen LogP contribution in [0.2, 0.25) is 0 Å². The summed E-state index contributed by atoms with van der Waals surface area (Å²) in [7, 11) is 0. The SMILES string of the molecule is N=C(N)NC(=O)NCC(=O)NC([C]=O)c1ccc(O)cc1. The van der Waals surface area contributed by atoms with Gasteiger partial charge < -0.3 is 21.5 Å². The van der Waals surface area contributed by atoms with Crippen molar-refractivity contribution in [3.8, 4) is 5.75 Å². The fraction of sp³-hybridized carbons (Fsp3) is 0.167. The van der Waals surface area contributed by atoms with Crippen LogP contribution in [0.3, 0.4) is 0 Å². The monoisotopic (exact) mass is 292 g/mol. The van der Waals surface area contributed by atoms with Crippen molar-refractivity contribution in [1.29, 1.82) is 5.41 Å². The number of nitrogens with two attached hydrogens (primary N) is 1. The molecule has 0 bridgehead atoms. The van der Waals surface area contributed by atoms with Gasteiger partial charge in [-0.1, -0.05) is 12.1 Å². The highest BCUT2D eigenvalue weighted by Gasteiger charge is 2.15. The van der Waals surface area contributed by atoms with E-state index in [4.69, 9.17) is 16.2 Å². The van der Waals surface area contributed by atoms with Crippen LogP contribution in [0.15, 0.2) is 24.3 Å². The van der Waals surface area contributed by atoms with E-state index in [1.807, 2.05) is 5.32 Å². The topological polar surface area (TPSA) is 157 Å². The van der Waals surface area contributed by atoms with E-state index >= 15 is 0 Å². The number of phenols is 1. The number of rotatable bonds is 5. The number of carbonyl (C=O) groups is 2. The number of phenolic OH excluding ortho intramolecular Hbond substituents is 1. The first-order valence-corrected chi connectivity index (χ1v) is 5.77. The quantitative estimate of drug-likeness (QED) is 0.298. The summed E-state index contributed by atoms with van der Waals surface area (Å²) in [6.45, 7) is -0.407. The van der Waals surface area contributed by atoms with E-state index in [0.29, 0.717) is 5.56 Å². The van der Waals surface area contributed by atoms with Gasteiger partial charge in [-0.15, -0.1) is 0 Å². The fourth-order valence-electron chi connectivity index (χ4n) is 1.39. The third-order valence-electron chi connectivity index (χ3n) is 2.31. The van der Waals surface area contributed by atoms with E-state index < -0.39 is 30.5 Å². The molecule has 7 N–H and O–H groups in total. The molecule has 21 heavy (non-hydrogen) atoms. The van der Waals surface area contributed by atoms with Crippen molar-refractivity contribution in [2.45, 2.75) is 6.04 Å². The number of carbonyl (C=O) groups excluding carboxylic acids is 3. The van der Waals surface area contributed by atoms with Crippen molar-refractivity contribution in [1.82, 2.24) is 16.0 Å². The lowest BCUT2D eigenvalue weighted by molar-refractivity contribution is -0.120. The van der Waals surface area contributed by atoms with Crippen molar-refractivity contribution < 1.29 is 19.5 Å². The Morgan fingerprint density at radius 3 is 2.48 bits per heavy atom. The number of aromatic hydroxyl groups is 1. The Hall–Kier alpha value is -3.10. The minimum Gasteiger partial charge on any atom is -0.508 e. The molecule has 0 aromatic heterocycles. The molecule has 1 rings (SSSR count). The van der Waals surface area contributed by atoms with E-state index in [2.05, 4.69) is 10.6 Å². The average Bonchev–Trinajstić information content (AvgIpc) is 2.43. The Morgan fingerprint density at radius 1 is 1.33 bits per heavy atom. The molecule has 1 aromatic carbocycles. The largest absolute Gasteiger partial charge is 0.508 e. The van der Waals surface area contributed by atoms with Gasteiger partial charge in [0.1, 0.15) is 11.8 Å². The van der Waals surface area contributed by atoms with Gasteiger partial charge in [-0.2, -0.15) is 0 Å². The van der Waals surface area contributed by atoms with Crippen LogP contribution in [0.5, 0.6) is 5.75 Å². The van der Waals surface area contributed by atoms with Crippen LogP contribution in [0.1, 0.15) is 11.6 Å². The number of amides is 3. The zero-order valence-corrected chi connectivity index (χ0v) is 10.8. The zero-order chi connectivity index (χ0) is 15.8. The normalized spacial score (nSPS) is 11.0. The van der Waals surface area contributed by atoms with E-state index in [1.165, 1.54) is 24.3 Å². The molecule has 1 atom stereocenters. The predicted octanol–water partition coefficient (Wildman–Crippen LogP) is -1.15. The second kappa shape index (κ2) is 7.48. The molecular formula is C12H14N5O4. The molecule has 0 heterocycles. The Balaban J connectivity index is 2.51. The van der Waals surface area contributed by atoms with Gasteiger partial charge in [-0.25, -0.2) is 4.79 Å². The Morgan fingerprint density at radius 2 is 1.95 bits per heavy atom. The van der Waals surface area contributed by atoms with Gasteiger partial charge in [0.05, 0.1) is 6.54 Å². The second-order valence-corrected chi connectivity index (χ2v) is 3.93. The smallest absolute Gasteiger partial charge is 0.321 e. The fourth-order valence-corrected chi connectivity index (χ4v) is 1.39. The van der Waals surface area contributed by atoms with E-state index in [9.17, 15) is 14.4 Å². The van der Waals surface area contributed by atoms with Crippen LogP contribution in [-0.2, 0) is 9.59 Å². The van der Waals surface area contributed by atoms with Crippen LogP contribution in [0.4, 0.5) is 4.79 Å². The van der Waals surface area contributed by atoms with Crippen molar-refractivity contribution in [3.05, 3.63) is 29.8 Å². The third kappa shape index (κ3) is 5.59. The summed E-state index contributed by atoms with van der Waals surface area (Å²) in [5, 5.41) is 22.4. The lowest BCUT2D eigenvalue weighted by Gasteiger charge is -2.13. The van der Waals surface area contributed by atoms with Crippen LogP contribution >= 0.6 is 0 Å². The minimum atomic E-state index is -1.02. The summed E-state index contributed by atoms with van der Waals surface area (Å²) in [4.78, 5) is 33.5. The van der Waals surface area contributed by atoms with E-state index in [0.717, 1.165) is 0 Å². The van der Waals surface area contributed by atoms with Gasteiger partial charge in [0.25, 0.3) is 0 Å². The van der Waals surface area contributed by atoms with Gasteiger partial charge >= 0.3 is 6.03 Å². The molecule has 111 valence electrons. The molecule has 0 spiro atoms. The third-order valence-corrected chi connectivity index (χ3v) is 2.31. The molecular weight excluding hydrogens is 278 g/mol. The molecule has 0 aliphatic heterocycles. The van der Waals surface area contributed by atoms with Gasteiger partial charge in [0.2, 0.25) is 12.2 Å². The minimum absolute atomic E-state index is 0.0253. The number of guanidine groups is 1. The van der Waals surface area contributed by atoms with Crippen LogP contribution < -0.4 is 21.7 Å². The second-order valence-electron chi connectivity index (χ2n) is 3.93. The van der Waals surface area contributed by atoms with Crippen LogP contribution in [0.25, 0.3) is 0 Å². The first-order chi connectivity index (χ1) is 9.92. The molecule has 1 unspecified atom stereocenters. The first kappa shape index (κ1) is 16.0. The Labute approximate surface area is 120 Å². The van der Waals surface area contributed by atoms with Crippen molar-refractivity contribution in [3.63, 3.8) is 0 Å². The van der Waals surface area contributed by atoms with Crippen molar-refractivity contribution in [2.75, 3.05) is 6.54 Å². The molecule has 0 aliphatic rings. The number of hydrogen-bond donors (Lipinski definition) is 6. The maximum absolute atomic E-state index is 11.6. The van der Waals surface area contributed by atoms with Gasteiger partial charge in [0.15, 0.2) is 5.96 Å². The summed E-state index contributed by atoms with van der Waals surface area (Å²) in [6, 6.07) is 3.82. The zero-order valence-electron chi connectivity index (χ0n) is 10.8. The number of nitrogens with one attached hydrogen (secondary N) is 4.